The molecule has 0 aliphatic rings. The largest absolute Gasteiger partial charge is 0.486 e. The summed E-state index contributed by atoms with van der Waals surface area (Å²) in [5.41, 5.74) is 1.59. The fourth-order valence-electron chi connectivity index (χ4n) is 1.78. The Hall–Kier alpha value is -2.60. The van der Waals surface area contributed by atoms with Crippen LogP contribution in [0.15, 0.2) is 52.4 Å². The molecule has 3 aromatic rings. The van der Waals surface area contributed by atoms with Crippen LogP contribution in [-0.4, -0.2) is 16.2 Å². The number of aromatic nitrogens is 1. The summed E-state index contributed by atoms with van der Waals surface area (Å²) in [7, 11) is 0. The Kier molecular flexibility index (Phi) is 3.70. The Morgan fingerprint density at radius 2 is 2.10 bits per heavy atom. The normalized spacial score (nSPS) is 10.5. The molecule has 0 amide bonds. The van der Waals surface area contributed by atoms with Gasteiger partial charge in [-0.2, -0.15) is 0 Å². The van der Waals surface area contributed by atoms with Gasteiger partial charge in [-0.1, -0.05) is 35.5 Å². The standard InChI is InChI=1S/C15H11NO4S/c17-15(18)14-7-12(9-21-14)19-8-11-6-13(20-16-11)10-4-2-1-3-5-10/h1-7,9H,8H2,(H,17,18). The van der Waals surface area contributed by atoms with E-state index in [0.29, 0.717) is 17.2 Å². The number of ether oxygens (including phenoxy) is 1. The third kappa shape index (κ3) is 3.11. The smallest absolute Gasteiger partial charge is 0.346 e. The zero-order chi connectivity index (χ0) is 14.7. The average Bonchev–Trinajstić information content (AvgIpc) is 3.15. The molecule has 1 N–H and O–H groups in total. The summed E-state index contributed by atoms with van der Waals surface area (Å²) in [6, 6.07) is 12.9. The van der Waals surface area contributed by atoms with Crippen molar-refractivity contribution in [3.8, 4) is 17.1 Å². The van der Waals surface area contributed by atoms with E-state index in [-0.39, 0.29) is 11.5 Å². The van der Waals surface area contributed by atoms with Crippen molar-refractivity contribution >= 4 is 17.3 Å². The molecule has 6 heteroatoms. The molecule has 0 radical (unpaired) electrons. The first-order valence-electron chi connectivity index (χ1n) is 6.18. The lowest BCUT2D eigenvalue weighted by Crippen LogP contribution is -1.95. The zero-order valence-electron chi connectivity index (χ0n) is 10.9. The topological polar surface area (TPSA) is 72.6 Å². The van der Waals surface area contributed by atoms with Crippen molar-refractivity contribution in [1.29, 1.82) is 0 Å². The number of benzene rings is 1. The number of nitrogens with zero attached hydrogens (tertiary/aromatic N) is 1. The minimum Gasteiger partial charge on any atom is -0.486 e. The third-order valence-corrected chi connectivity index (χ3v) is 3.69. The Labute approximate surface area is 124 Å². The maximum Gasteiger partial charge on any atom is 0.346 e. The van der Waals surface area contributed by atoms with Crippen LogP contribution in [0.3, 0.4) is 0 Å². The SMILES string of the molecule is O=C(O)c1cc(OCc2cc(-c3ccccc3)on2)cs1. The van der Waals surface area contributed by atoms with Crippen LogP contribution in [0.5, 0.6) is 5.75 Å². The van der Waals surface area contributed by atoms with Gasteiger partial charge in [0, 0.05) is 23.1 Å². The van der Waals surface area contributed by atoms with Crippen LogP contribution in [0.2, 0.25) is 0 Å². The monoisotopic (exact) mass is 301 g/mol. The Balaban J connectivity index is 1.66. The van der Waals surface area contributed by atoms with E-state index in [1.165, 1.54) is 6.07 Å². The van der Waals surface area contributed by atoms with Gasteiger partial charge in [-0.05, 0) is 0 Å². The molecule has 1 aromatic carbocycles. The molecule has 0 spiro atoms. The quantitative estimate of drug-likeness (QED) is 0.778. The van der Waals surface area contributed by atoms with Crippen LogP contribution in [0.4, 0.5) is 0 Å². The van der Waals surface area contributed by atoms with Crippen molar-refractivity contribution in [2.24, 2.45) is 0 Å². The number of hydrogen-bond donors (Lipinski definition) is 1. The van der Waals surface area contributed by atoms with Gasteiger partial charge >= 0.3 is 5.97 Å². The first-order valence-corrected chi connectivity index (χ1v) is 7.06. The Morgan fingerprint density at radius 3 is 2.81 bits per heavy atom. The number of hydrogen-bond acceptors (Lipinski definition) is 5. The van der Waals surface area contributed by atoms with E-state index in [0.717, 1.165) is 16.9 Å². The number of carboxylic acids is 1. The van der Waals surface area contributed by atoms with Gasteiger partial charge in [0.25, 0.3) is 0 Å². The molecule has 0 bridgehead atoms. The second-order valence-corrected chi connectivity index (χ2v) is 5.20. The molecule has 0 unspecified atom stereocenters. The van der Waals surface area contributed by atoms with E-state index in [4.69, 9.17) is 14.4 Å². The lowest BCUT2D eigenvalue weighted by Gasteiger charge is -1.98. The van der Waals surface area contributed by atoms with E-state index in [1.54, 1.807) is 11.4 Å². The second-order valence-electron chi connectivity index (χ2n) is 4.29. The van der Waals surface area contributed by atoms with Crippen molar-refractivity contribution in [2.75, 3.05) is 0 Å². The van der Waals surface area contributed by atoms with Gasteiger partial charge in [0.1, 0.15) is 22.9 Å². The first-order chi connectivity index (χ1) is 10.2. The molecule has 0 aliphatic carbocycles. The van der Waals surface area contributed by atoms with Gasteiger partial charge in [0.05, 0.1) is 0 Å². The summed E-state index contributed by atoms with van der Waals surface area (Å²) < 4.78 is 10.8. The van der Waals surface area contributed by atoms with Crippen molar-refractivity contribution in [3.63, 3.8) is 0 Å². The molecule has 2 heterocycles. The number of rotatable bonds is 5. The molecule has 3 rings (SSSR count). The summed E-state index contributed by atoms with van der Waals surface area (Å²) in [5, 5.41) is 14.4. The first kappa shape index (κ1) is 13.4. The van der Waals surface area contributed by atoms with Crippen LogP contribution in [0, 0.1) is 0 Å². The molecule has 0 saturated carbocycles. The van der Waals surface area contributed by atoms with Crippen LogP contribution >= 0.6 is 11.3 Å². The van der Waals surface area contributed by atoms with Crippen molar-refractivity contribution < 1.29 is 19.2 Å². The summed E-state index contributed by atoms with van der Waals surface area (Å²) in [6.07, 6.45) is 0. The Bertz CT molecular complexity index is 748. The summed E-state index contributed by atoms with van der Waals surface area (Å²) in [4.78, 5) is 11.0. The van der Waals surface area contributed by atoms with E-state index in [9.17, 15) is 4.79 Å². The van der Waals surface area contributed by atoms with Gasteiger partial charge in [-0.15, -0.1) is 11.3 Å². The van der Waals surface area contributed by atoms with E-state index >= 15 is 0 Å². The van der Waals surface area contributed by atoms with Crippen LogP contribution in [0.1, 0.15) is 15.4 Å². The molecular formula is C15H11NO4S. The summed E-state index contributed by atoms with van der Waals surface area (Å²) in [5.74, 6) is 0.232. The fraction of sp³-hybridized carbons (Fsp3) is 0.0667. The molecule has 5 nitrogen and oxygen atoms in total. The van der Waals surface area contributed by atoms with Gasteiger partial charge < -0.3 is 14.4 Å². The molecule has 21 heavy (non-hydrogen) atoms. The van der Waals surface area contributed by atoms with Crippen LogP contribution in [0.25, 0.3) is 11.3 Å². The predicted molar refractivity (Wildman–Crippen MR) is 77.5 cm³/mol. The zero-order valence-corrected chi connectivity index (χ0v) is 11.7. The highest BCUT2D eigenvalue weighted by molar-refractivity contribution is 7.12. The van der Waals surface area contributed by atoms with Crippen molar-refractivity contribution in [1.82, 2.24) is 5.16 Å². The average molecular weight is 301 g/mol. The molecule has 0 saturated heterocycles. The van der Waals surface area contributed by atoms with E-state index < -0.39 is 5.97 Å². The molecule has 0 aliphatic heterocycles. The van der Waals surface area contributed by atoms with Gasteiger partial charge in [-0.25, -0.2) is 4.79 Å². The highest BCUT2D eigenvalue weighted by Gasteiger charge is 2.10. The van der Waals surface area contributed by atoms with E-state index in [1.807, 2.05) is 30.3 Å². The predicted octanol–water partition coefficient (Wildman–Crippen LogP) is 3.68. The van der Waals surface area contributed by atoms with Crippen molar-refractivity contribution in [2.45, 2.75) is 6.61 Å². The second kappa shape index (κ2) is 5.80. The maximum atomic E-state index is 10.8. The lowest BCUT2D eigenvalue weighted by molar-refractivity contribution is 0.0702. The number of carboxylic acid groups (broad SMARTS) is 1. The minimum absolute atomic E-state index is 0.228. The van der Waals surface area contributed by atoms with Gasteiger partial charge in [0.2, 0.25) is 0 Å². The number of aromatic carboxylic acids is 1. The summed E-state index contributed by atoms with van der Waals surface area (Å²) in [6.45, 7) is 0.228. The maximum absolute atomic E-state index is 10.8. The number of carbonyl (C=O) groups is 1. The molecule has 2 aromatic heterocycles. The minimum atomic E-state index is -0.956. The summed E-state index contributed by atoms with van der Waals surface area (Å²) >= 11 is 1.13. The fourth-order valence-corrected chi connectivity index (χ4v) is 2.45. The third-order valence-electron chi connectivity index (χ3n) is 2.79. The highest BCUT2D eigenvalue weighted by atomic mass is 32.1. The molecule has 0 fully saturated rings. The van der Waals surface area contributed by atoms with Crippen LogP contribution < -0.4 is 4.74 Å². The number of thiophene rings is 1. The highest BCUT2D eigenvalue weighted by Crippen LogP contribution is 2.24. The lowest BCUT2D eigenvalue weighted by atomic mass is 10.2. The Morgan fingerprint density at radius 1 is 1.29 bits per heavy atom. The van der Waals surface area contributed by atoms with E-state index in [2.05, 4.69) is 5.16 Å². The van der Waals surface area contributed by atoms with Gasteiger partial charge in [-0.3, -0.25) is 0 Å². The van der Waals surface area contributed by atoms with Crippen molar-refractivity contribution in [3.05, 3.63) is 58.4 Å². The van der Waals surface area contributed by atoms with Crippen LogP contribution in [-0.2, 0) is 6.61 Å². The van der Waals surface area contributed by atoms with Gasteiger partial charge in [0.15, 0.2) is 5.76 Å². The molecular weight excluding hydrogens is 290 g/mol. The molecule has 0 atom stereocenters. The molecule has 106 valence electrons.